The topological polar surface area (TPSA) is 36.1 Å². The number of hydrogen-bond acceptors (Lipinski definition) is 1. The van der Waals surface area contributed by atoms with Crippen LogP contribution in [0.25, 0.3) is 10.9 Å². The van der Waals surface area contributed by atoms with Crippen LogP contribution < -0.4 is 0 Å². The fourth-order valence-corrected chi connectivity index (χ4v) is 4.30. The lowest BCUT2D eigenvalue weighted by Gasteiger charge is -2.37. The fraction of sp³-hybridized carbons (Fsp3) is 0.375. The van der Waals surface area contributed by atoms with Gasteiger partial charge in [-0.1, -0.05) is 51.1 Å². The second-order valence-corrected chi connectivity index (χ2v) is 8.01. The number of carbonyl (C=O) groups excluding carboxylic acids is 1. The molecule has 2 aromatic carbocycles. The summed E-state index contributed by atoms with van der Waals surface area (Å²) < 4.78 is 0. The molecule has 3 nitrogen and oxygen atoms in total. The molecule has 27 heavy (non-hydrogen) atoms. The van der Waals surface area contributed by atoms with Crippen LogP contribution in [0.2, 0.25) is 0 Å². The van der Waals surface area contributed by atoms with E-state index in [1.54, 1.807) is 0 Å². The quantitative estimate of drug-likeness (QED) is 0.654. The van der Waals surface area contributed by atoms with Crippen LogP contribution in [0.3, 0.4) is 0 Å². The molecule has 0 saturated carbocycles. The van der Waals surface area contributed by atoms with Crippen molar-refractivity contribution in [2.75, 3.05) is 6.54 Å². The molecule has 1 aliphatic heterocycles. The van der Waals surface area contributed by atoms with Crippen LogP contribution in [-0.2, 0) is 12.8 Å². The van der Waals surface area contributed by atoms with Crippen LogP contribution in [0.4, 0.5) is 0 Å². The van der Waals surface area contributed by atoms with Crippen molar-refractivity contribution >= 4 is 16.8 Å². The lowest BCUT2D eigenvalue weighted by molar-refractivity contribution is 0.0632. The molecule has 1 unspecified atom stereocenters. The first-order valence-corrected chi connectivity index (χ1v) is 10.1. The van der Waals surface area contributed by atoms with E-state index in [2.05, 4.69) is 67.1 Å². The van der Waals surface area contributed by atoms with Crippen LogP contribution in [0.1, 0.15) is 60.4 Å². The number of amides is 1. The number of hydrogen-bond donors (Lipinski definition) is 1. The molecule has 140 valence electrons. The Morgan fingerprint density at radius 2 is 1.89 bits per heavy atom. The van der Waals surface area contributed by atoms with Gasteiger partial charge in [0.15, 0.2) is 0 Å². The summed E-state index contributed by atoms with van der Waals surface area (Å²) in [5.74, 6) is 0.665. The standard InChI is InChI=1S/C24H28N2O/c1-4-17-9-11-18(12-10-17)24(27)26-14-13-20-19-7-5-6-8-21(19)25-23(20)22(26)15-16(2)3/h5-12,16,22,25H,4,13-15H2,1-3H3. The largest absolute Gasteiger partial charge is 0.356 e. The molecule has 4 rings (SSSR count). The molecular weight excluding hydrogens is 332 g/mol. The van der Waals surface area contributed by atoms with E-state index in [4.69, 9.17) is 0 Å². The van der Waals surface area contributed by atoms with Crippen molar-refractivity contribution in [3.8, 4) is 0 Å². The van der Waals surface area contributed by atoms with Gasteiger partial charge in [-0.2, -0.15) is 0 Å². The molecule has 3 heteroatoms. The van der Waals surface area contributed by atoms with Gasteiger partial charge in [0.2, 0.25) is 0 Å². The van der Waals surface area contributed by atoms with Crippen molar-refractivity contribution in [1.82, 2.24) is 9.88 Å². The van der Waals surface area contributed by atoms with Crippen molar-refractivity contribution < 1.29 is 4.79 Å². The van der Waals surface area contributed by atoms with Crippen molar-refractivity contribution in [2.45, 2.75) is 46.1 Å². The second-order valence-electron chi connectivity index (χ2n) is 8.01. The average Bonchev–Trinajstić information content (AvgIpc) is 3.07. The summed E-state index contributed by atoms with van der Waals surface area (Å²) in [6.45, 7) is 7.38. The minimum absolute atomic E-state index is 0.111. The third-order valence-corrected chi connectivity index (χ3v) is 5.72. The summed E-state index contributed by atoms with van der Waals surface area (Å²) in [4.78, 5) is 19.0. The molecule has 0 aliphatic carbocycles. The number of carbonyl (C=O) groups is 1. The second kappa shape index (κ2) is 7.22. The SMILES string of the molecule is CCc1ccc(C(=O)N2CCc3c([nH]c4ccccc34)C2CC(C)C)cc1. The van der Waals surface area contributed by atoms with Crippen molar-refractivity contribution in [2.24, 2.45) is 5.92 Å². The van der Waals surface area contributed by atoms with Gasteiger partial charge in [0.1, 0.15) is 0 Å². The minimum Gasteiger partial charge on any atom is -0.356 e. The highest BCUT2D eigenvalue weighted by Gasteiger charge is 2.34. The Morgan fingerprint density at radius 3 is 2.59 bits per heavy atom. The predicted octanol–water partition coefficient (Wildman–Crippen LogP) is 5.52. The normalized spacial score (nSPS) is 16.7. The summed E-state index contributed by atoms with van der Waals surface area (Å²) in [5.41, 5.74) is 5.86. The highest BCUT2D eigenvalue weighted by Crippen LogP contribution is 2.38. The Labute approximate surface area is 161 Å². The van der Waals surface area contributed by atoms with Crippen molar-refractivity contribution in [3.05, 3.63) is 70.9 Å². The first-order valence-electron chi connectivity index (χ1n) is 10.1. The molecule has 1 aliphatic rings. The molecule has 1 atom stereocenters. The molecular formula is C24H28N2O. The predicted molar refractivity (Wildman–Crippen MR) is 111 cm³/mol. The molecule has 0 saturated heterocycles. The minimum atomic E-state index is 0.111. The maximum Gasteiger partial charge on any atom is 0.254 e. The number of aromatic amines is 1. The maximum atomic E-state index is 13.3. The number of aromatic nitrogens is 1. The Bertz CT molecular complexity index is 952. The van der Waals surface area contributed by atoms with E-state index in [1.165, 1.54) is 27.7 Å². The zero-order valence-electron chi connectivity index (χ0n) is 16.5. The van der Waals surface area contributed by atoms with Crippen LogP contribution in [0, 0.1) is 5.92 Å². The van der Waals surface area contributed by atoms with Crippen LogP contribution in [0.5, 0.6) is 0 Å². The van der Waals surface area contributed by atoms with E-state index in [1.807, 2.05) is 12.1 Å². The average molecular weight is 361 g/mol. The molecule has 3 aromatic rings. The van der Waals surface area contributed by atoms with Gasteiger partial charge in [0.25, 0.3) is 5.91 Å². The van der Waals surface area contributed by atoms with Gasteiger partial charge in [-0.05, 0) is 54.5 Å². The third-order valence-electron chi connectivity index (χ3n) is 5.72. The number of H-pyrrole nitrogens is 1. The van der Waals surface area contributed by atoms with E-state index in [0.717, 1.165) is 31.4 Å². The lowest BCUT2D eigenvalue weighted by Crippen LogP contribution is -2.40. The van der Waals surface area contributed by atoms with E-state index in [-0.39, 0.29) is 11.9 Å². The van der Waals surface area contributed by atoms with E-state index in [9.17, 15) is 4.79 Å². The Morgan fingerprint density at radius 1 is 1.15 bits per heavy atom. The van der Waals surface area contributed by atoms with E-state index >= 15 is 0 Å². The number of nitrogens with zero attached hydrogens (tertiary/aromatic N) is 1. The van der Waals surface area contributed by atoms with Crippen molar-refractivity contribution in [1.29, 1.82) is 0 Å². The summed E-state index contributed by atoms with van der Waals surface area (Å²) in [7, 11) is 0. The number of para-hydroxylation sites is 1. The summed E-state index contributed by atoms with van der Waals surface area (Å²) in [6, 6.07) is 16.7. The molecule has 0 radical (unpaired) electrons. The van der Waals surface area contributed by atoms with Crippen LogP contribution in [0.15, 0.2) is 48.5 Å². The zero-order valence-corrected chi connectivity index (χ0v) is 16.5. The van der Waals surface area contributed by atoms with Gasteiger partial charge < -0.3 is 9.88 Å². The molecule has 0 spiro atoms. The first kappa shape index (κ1) is 17.8. The highest BCUT2D eigenvalue weighted by molar-refractivity contribution is 5.95. The zero-order chi connectivity index (χ0) is 19.0. The molecule has 1 N–H and O–H groups in total. The number of fused-ring (bicyclic) bond motifs is 3. The van der Waals surface area contributed by atoms with Gasteiger partial charge in [0, 0.05) is 28.7 Å². The Kier molecular flexibility index (Phi) is 4.77. The molecule has 0 fully saturated rings. The molecule has 1 aromatic heterocycles. The molecule has 2 heterocycles. The number of rotatable bonds is 4. The number of aryl methyl sites for hydroxylation is 1. The Hall–Kier alpha value is -2.55. The molecule has 0 bridgehead atoms. The third kappa shape index (κ3) is 3.27. The van der Waals surface area contributed by atoms with Gasteiger partial charge in [-0.15, -0.1) is 0 Å². The Balaban J connectivity index is 1.72. The van der Waals surface area contributed by atoms with Gasteiger partial charge >= 0.3 is 0 Å². The van der Waals surface area contributed by atoms with Gasteiger partial charge in [-0.25, -0.2) is 0 Å². The van der Waals surface area contributed by atoms with Gasteiger partial charge in [-0.3, -0.25) is 4.79 Å². The smallest absolute Gasteiger partial charge is 0.254 e. The lowest BCUT2D eigenvalue weighted by atomic mass is 9.91. The molecule has 1 amide bonds. The van der Waals surface area contributed by atoms with Gasteiger partial charge in [0.05, 0.1) is 6.04 Å². The summed E-state index contributed by atoms with van der Waals surface area (Å²) in [5, 5.41) is 1.31. The first-order chi connectivity index (χ1) is 13.1. The van der Waals surface area contributed by atoms with Crippen LogP contribution >= 0.6 is 0 Å². The summed E-state index contributed by atoms with van der Waals surface area (Å²) >= 11 is 0. The van der Waals surface area contributed by atoms with Crippen molar-refractivity contribution in [3.63, 3.8) is 0 Å². The summed E-state index contributed by atoms with van der Waals surface area (Å²) in [6.07, 6.45) is 2.87. The fourth-order valence-electron chi connectivity index (χ4n) is 4.30. The van der Waals surface area contributed by atoms with E-state index in [0.29, 0.717) is 5.92 Å². The number of benzene rings is 2. The maximum absolute atomic E-state index is 13.3. The monoisotopic (exact) mass is 360 g/mol. The highest BCUT2D eigenvalue weighted by atomic mass is 16.2. The number of nitrogens with one attached hydrogen (secondary N) is 1. The van der Waals surface area contributed by atoms with Crippen LogP contribution in [-0.4, -0.2) is 22.3 Å². The van der Waals surface area contributed by atoms with E-state index < -0.39 is 0 Å².